The summed E-state index contributed by atoms with van der Waals surface area (Å²) in [6.07, 6.45) is 11.0. The van der Waals surface area contributed by atoms with Crippen LogP contribution >= 0.6 is 0 Å². The van der Waals surface area contributed by atoms with Crippen LogP contribution < -0.4 is 0 Å². The number of carbonyl (C=O) groups is 1. The van der Waals surface area contributed by atoms with Gasteiger partial charge in [0.05, 0.1) is 6.10 Å². The molecule has 2 nitrogen and oxygen atoms in total. The molecular weight excluding hydrogens is 284 g/mol. The van der Waals surface area contributed by atoms with Gasteiger partial charge in [0.25, 0.3) is 0 Å². The molecule has 1 N–H and O–H groups in total. The Bertz CT molecular complexity index is 500. The van der Waals surface area contributed by atoms with Gasteiger partial charge in [0.2, 0.25) is 0 Å². The number of hydrogen-bond acceptors (Lipinski definition) is 2. The molecule has 0 aromatic rings. The van der Waals surface area contributed by atoms with Crippen LogP contribution in [-0.4, -0.2) is 17.0 Å². The molecular formula is C21H34O2. The molecule has 0 spiro atoms. The second-order valence-electron chi connectivity index (χ2n) is 9.83. The van der Waals surface area contributed by atoms with Crippen molar-refractivity contribution in [1.29, 1.82) is 0 Å². The van der Waals surface area contributed by atoms with Gasteiger partial charge >= 0.3 is 0 Å². The summed E-state index contributed by atoms with van der Waals surface area (Å²) in [5.41, 5.74) is 0.615. The van der Waals surface area contributed by atoms with E-state index in [-0.39, 0.29) is 17.4 Å². The second-order valence-corrected chi connectivity index (χ2v) is 9.83. The Balaban J connectivity index is 1.68. The number of hydrogen-bond donors (Lipinski definition) is 1. The Morgan fingerprint density at radius 1 is 0.957 bits per heavy atom. The van der Waals surface area contributed by atoms with Crippen LogP contribution in [0.2, 0.25) is 0 Å². The molecule has 0 aromatic carbocycles. The molecule has 4 aliphatic rings. The summed E-state index contributed by atoms with van der Waals surface area (Å²) in [6, 6.07) is 0. The van der Waals surface area contributed by atoms with Crippen molar-refractivity contribution in [3.8, 4) is 0 Å². The maximum absolute atomic E-state index is 12.2. The lowest BCUT2D eigenvalue weighted by Gasteiger charge is -2.61. The van der Waals surface area contributed by atoms with E-state index in [1.165, 1.54) is 44.9 Å². The van der Waals surface area contributed by atoms with Crippen molar-refractivity contribution in [3.63, 3.8) is 0 Å². The Hall–Kier alpha value is -0.370. The summed E-state index contributed by atoms with van der Waals surface area (Å²) in [7, 11) is 0. The van der Waals surface area contributed by atoms with E-state index in [2.05, 4.69) is 13.8 Å². The third-order valence-electron chi connectivity index (χ3n) is 9.09. The van der Waals surface area contributed by atoms with E-state index < -0.39 is 0 Å². The molecule has 0 saturated heterocycles. The predicted octanol–water partition coefficient (Wildman–Crippen LogP) is 4.60. The van der Waals surface area contributed by atoms with E-state index >= 15 is 0 Å². The molecule has 0 bridgehead atoms. The number of fused-ring (bicyclic) bond motifs is 5. The largest absolute Gasteiger partial charge is 0.393 e. The van der Waals surface area contributed by atoms with Crippen LogP contribution in [0.25, 0.3) is 0 Å². The molecule has 0 aliphatic heterocycles. The Morgan fingerprint density at radius 3 is 2.43 bits per heavy atom. The number of carbonyl (C=O) groups excluding carboxylic acids is 1. The molecule has 4 rings (SSSR count). The molecule has 0 heterocycles. The van der Waals surface area contributed by atoms with Gasteiger partial charge in [0, 0.05) is 5.92 Å². The first kappa shape index (κ1) is 16.1. The van der Waals surface area contributed by atoms with Gasteiger partial charge in [0.1, 0.15) is 5.78 Å². The fraction of sp³-hybridized carbons (Fsp3) is 0.952. The van der Waals surface area contributed by atoms with E-state index in [0.29, 0.717) is 29.0 Å². The first-order valence-electron chi connectivity index (χ1n) is 10.1. The molecule has 0 aromatic heterocycles. The standard InChI is InChI=1S/C21H34O2/c1-13(22)15-7-8-16-19-17(9-11-21(15,16)3)20(2)10-5-4-6-14(20)12-18(19)23/h14-19,23H,4-12H2,1-3H3/t14-,15+,16-,17+,18-,19-,20-,21+/m1/s1. The summed E-state index contributed by atoms with van der Waals surface area (Å²) in [6.45, 7) is 6.70. The number of aliphatic hydroxyl groups excluding tert-OH is 1. The zero-order chi connectivity index (χ0) is 16.4. The molecule has 8 atom stereocenters. The van der Waals surface area contributed by atoms with Crippen molar-refractivity contribution in [2.75, 3.05) is 0 Å². The van der Waals surface area contributed by atoms with Crippen molar-refractivity contribution < 1.29 is 9.90 Å². The van der Waals surface area contributed by atoms with Gasteiger partial charge in [-0.05, 0) is 86.4 Å². The van der Waals surface area contributed by atoms with Crippen LogP contribution in [0.5, 0.6) is 0 Å². The van der Waals surface area contributed by atoms with Crippen molar-refractivity contribution in [3.05, 3.63) is 0 Å². The first-order chi connectivity index (χ1) is 10.9. The zero-order valence-corrected chi connectivity index (χ0v) is 15.2. The molecule has 0 amide bonds. The van der Waals surface area contributed by atoms with Crippen LogP contribution in [-0.2, 0) is 4.79 Å². The van der Waals surface area contributed by atoms with E-state index in [4.69, 9.17) is 0 Å². The van der Waals surface area contributed by atoms with Crippen LogP contribution in [0.3, 0.4) is 0 Å². The highest BCUT2D eigenvalue weighted by molar-refractivity contribution is 5.79. The topological polar surface area (TPSA) is 37.3 Å². The van der Waals surface area contributed by atoms with Gasteiger partial charge in [0.15, 0.2) is 0 Å². The molecule has 4 fully saturated rings. The second kappa shape index (κ2) is 5.31. The minimum absolute atomic E-state index is 0.119. The molecule has 130 valence electrons. The number of ketones is 1. The van der Waals surface area contributed by atoms with Crippen LogP contribution in [0.4, 0.5) is 0 Å². The predicted molar refractivity (Wildman–Crippen MR) is 91.9 cm³/mol. The smallest absolute Gasteiger partial charge is 0.133 e. The molecule has 2 heteroatoms. The van der Waals surface area contributed by atoms with Crippen LogP contribution in [0, 0.1) is 40.4 Å². The molecule has 23 heavy (non-hydrogen) atoms. The number of rotatable bonds is 1. The highest BCUT2D eigenvalue weighted by atomic mass is 16.3. The van der Waals surface area contributed by atoms with Gasteiger partial charge in [-0.2, -0.15) is 0 Å². The summed E-state index contributed by atoms with van der Waals surface area (Å²) in [5, 5.41) is 11.1. The lowest BCUT2D eigenvalue weighted by molar-refractivity contribution is -0.164. The number of Topliss-reactive ketones (excluding diaryl/α,β-unsaturated/α-hetero) is 1. The SMILES string of the molecule is CC(=O)[C@@H]1CC[C@@H]2[C@H]3[C@H](O)C[C@H]4CCCC[C@@]4(C)[C@H]3CC[C@]21C. The molecule has 4 saturated carbocycles. The average Bonchev–Trinajstić information content (AvgIpc) is 2.85. The minimum atomic E-state index is -0.119. The van der Waals surface area contributed by atoms with Crippen molar-refractivity contribution >= 4 is 5.78 Å². The Morgan fingerprint density at radius 2 is 1.70 bits per heavy atom. The van der Waals surface area contributed by atoms with E-state index in [1.54, 1.807) is 6.92 Å². The summed E-state index contributed by atoms with van der Waals surface area (Å²) in [5.74, 6) is 3.10. The number of aliphatic hydroxyl groups is 1. The zero-order valence-electron chi connectivity index (χ0n) is 15.2. The maximum atomic E-state index is 12.2. The van der Waals surface area contributed by atoms with Crippen molar-refractivity contribution in [1.82, 2.24) is 0 Å². The molecule has 0 radical (unpaired) electrons. The van der Waals surface area contributed by atoms with E-state index in [0.717, 1.165) is 18.8 Å². The van der Waals surface area contributed by atoms with Crippen molar-refractivity contribution in [2.24, 2.45) is 40.4 Å². The summed E-state index contributed by atoms with van der Waals surface area (Å²) in [4.78, 5) is 12.2. The van der Waals surface area contributed by atoms with E-state index in [9.17, 15) is 9.90 Å². The Kier molecular flexibility index (Phi) is 3.72. The van der Waals surface area contributed by atoms with E-state index in [1.807, 2.05) is 0 Å². The maximum Gasteiger partial charge on any atom is 0.133 e. The van der Waals surface area contributed by atoms with Crippen LogP contribution in [0.1, 0.15) is 78.6 Å². The van der Waals surface area contributed by atoms with Gasteiger partial charge in [-0.3, -0.25) is 4.79 Å². The van der Waals surface area contributed by atoms with Gasteiger partial charge in [-0.1, -0.05) is 26.7 Å². The first-order valence-corrected chi connectivity index (χ1v) is 10.1. The fourth-order valence-corrected chi connectivity index (χ4v) is 7.92. The molecule has 4 aliphatic carbocycles. The Labute approximate surface area is 141 Å². The fourth-order valence-electron chi connectivity index (χ4n) is 7.92. The lowest BCUT2D eigenvalue weighted by atomic mass is 9.44. The van der Waals surface area contributed by atoms with Gasteiger partial charge in [-0.25, -0.2) is 0 Å². The highest BCUT2D eigenvalue weighted by Gasteiger charge is 2.62. The molecule has 0 unspecified atom stereocenters. The monoisotopic (exact) mass is 318 g/mol. The van der Waals surface area contributed by atoms with Crippen molar-refractivity contribution in [2.45, 2.75) is 84.7 Å². The van der Waals surface area contributed by atoms with Gasteiger partial charge in [-0.15, -0.1) is 0 Å². The van der Waals surface area contributed by atoms with Gasteiger partial charge < -0.3 is 5.11 Å². The third-order valence-corrected chi connectivity index (χ3v) is 9.09. The quantitative estimate of drug-likeness (QED) is 0.767. The minimum Gasteiger partial charge on any atom is -0.393 e. The third kappa shape index (κ3) is 2.12. The van der Waals surface area contributed by atoms with Crippen LogP contribution in [0.15, 0.2) is 0 Å². The summed E-state index contributed by atoms with van der Waals surface area (Å²) < 4.78 is 0. The normalized spacial score (nSPS) is 55.7. The lowest BCUT2D eigenvalue weighted by Crippen LogP contribution is -2.57. The highest BCUT2D eigenvalue weighted by Crippen LogP contribution is 2.67. The average molecular weight is 319 g/mol. The summed E-state index contributed by atoms with van der Waals surface area (Å²) >= 11 is 0.